The van der Waals surface area contributed by atoms with Crippen molar-refractivity contribution in [2.45, 2.75) is 37.4 Å². The van der Waals surface area contributed by atoms with Crippen LogP contribution < -0.4 is 9.80 Å². The molecule has 1 aliphatic carbocycles. The van der Waals surface area contributed by atoms with Crippen molar-refractivity contribution in [2.75, 3.05) is 29.9 Å². The van der Waals surface area contributed by atoms with E-state index in [0.29, 0.717) is 12.5 Å². The molecule has 0 radical (unpaired) electrons. The zero-order valence-electron chi connectivity index (χ0n) is 15.7. The summed E-state index contributed by atoms with van der Waals surface area (Å²) in [5, 5.41) is 13.1. The average Bonchev–Trinajstić information content (AvgIpc) is 3.27. The Morgan fingerprint density at radius 3 is 2.69 bits per heavy atom. The predicted molar refractivity (Wildman–Crippen MR) is 98.8 cm³/mol. The molecule has 1 unspecified atom stereocenters. The molecule has 29 heavy (non-hydrogen) atoms. The van der Waals surface area contributed by atoms with Crippen LogP contribution in [-0.2, 0) is 6.18 Å². The van der Waals surface area contributed by atoms with E-state index in [0.717, 1.165) is 55.4 Å². The SMILES string of the molecule is CN(c1nccc(C(F)(F)F)n1)C1CCN(c2ccc3nnc(C4CC4)n3n2)C1. The van der Waals surface area contributed by atoms with Crippen molar-refractivity contribution in [3.05, 3.63) is 35.9 Å². The molecule has 3 aromatic rings. The summed E-state index contributed by atoms with van der Waals surface area (Å²) in [6.45, 7) is 1.36. The van der Waals surface area contributed by atoms with E-state index in [4.69, 9.17) is 5.10 Å². The van der Waals surface area contributed by atoms with E-state index in [1.165, 1.54) is 0 Å². The van der Waals surface area contributed by atoms with E-state index >= 15 is 0 Å². The minimum atomic E-state index is -4.49. The van der Waals surface area contributed by atoms with E-state index in [-0.39, 0.29) is 12.0 Å². The number of hydrogen-bond donors (Lipinski definition) is 0. The van der Waals surface area contributed by atoms with Gasteiger partial charge in [0, 0.05) is 32.3 Å². The van der Waals surface area contributed by atoms with Crippen LogP contribution in [0, 0.1) is 0 Å². The van der Waals surface area contributed by atoms with Crippen molar-refractivity contribution in [3.8, 4) is 0 Å². The molecule has 11 heteroatoms. The molecule has 1 saturated heterocycles. The third kappa shape index (κ3) is 3.34. The van der Waals surface area contributed by atoms with Gasteiger partial charge in [0.1, 0.15) is 11.5 Å². The van der Waals surface area contributed by atoms with Crippen LogP contribution in [0.2, 0.25) is 0 Å². The molecule has 0 N–H and O–H groups in total. The van der Waals surface area contributed by atoms with Crippen molar-refractivity contribution < 1.29 is 13.2 Å². The Balaban J connectivity index is 1.35. The van der Waals surface area contributed by atoms with Crippen molar-refractivity contribution in [2.24, 2.45) is 0 Å². The maximum absolute atomic E-state index is 12.9. The quantitative estimate of drug-likeness (QED) is 0.661. The van der Waals surface area contributed by atoms with Gasteiger partial charge in [0.05, 0.1) is 6.04 Å². The Morgan fingerprint density at radius 1 is 1.10 bits per heavy atom. The molecule has 1 atom stereocenters. The Kier molecular flexibility index (Phi) is 4.07. The first-order valence-electron chi connectivity index (χ1n) is 9.50. The lowest BCUT2D eigenvalue weighted by Crippen LogP contribution is -2.36. The number of anilines is 2. The minimum Gasteiger partial charge on any atom is -0.353 e. The van der Waals surface area contributed by atoms with Crippen LogP contribution in [0.3, 0.4) is 0 Å². The normalized spacial score (nSPS) is 19.9. The molecular formula is C18H19F3N8. The maximum atomic E-state index is 12.9. The number of fused-ring (bicyclic) bond motifs is 1. The molecular weight excluding hydrogens is 385 g/mol. The predicted octanol–water partition coefficient (Wildman–Crippen LogP) is 2.53. The Bertz CT molecular complexity index is 1050. The molecule has 1 saturated carbocycles. The summed E-state index contributed by atoms with van der Waals surface area (Å²) in [6.07, 6.45) is -0.346. The molecule has 5 rings (SSSR count). The highest BCUT2D eigenvalue weighted by Gasteiger charge is 2.35. The molecule has 152 valence electrons. The van der Waals surface area contributed by atoms with Gasteiger partial charge in [-0.05, 0) is 37.5 Å². The molecule has 0 spiro atoms. The lowest BCUT2D eigenvalue weighted by molar-refractivity contribution is -0.141. The van der Waals surface area contributed by atoms with E-state index in [9.17, 15) is 13.2 Å². The molecule has 2 aliphatic rings. The smallest absolute Gasteiger partial charge is 0.353 e. The number of rotatable bonds is 4. The Morgan fingerprint density at radius 2 is 1.93 bits per heavy atom. The summed E-state index contributed by atoms with van der Waals surface area (Å²) in [6, 6.07) is 4.67. The van der Waals surface area contributed by atoms with Gasteiger partial charge in [-0.2, -0.15) is 17.7 Å². The Labute approximate surface area is 164 Å². The molecule has 0 amide bonds. The van der Waals surface area contributed by atoms with E-state index in [1.807, 2.05) is 12.1 Å². The van der Waals surface area contributed by atoms with Gasteiger partial charge in [-0.25, -0.2) is 9.97 Å². The zero-order chi connectivity index (χ0) is 20.2. The summed E-state index contributed by atoms with van der Waals surface area (Å²) in [5.74, 6) is 2.21. The number of halogens is 3. The molecule has 0 bridgehead atoms. The van der Waals surface area contributed by atoms with Crippen LogP contribution in [0.5, 0.6) is 0 Å². The second-order valence-electron chi connectivity index (χ2n) is 7.53. The number of hydrogen-bond acceptors (Lipinski definition) is 7. The fourth-order valence-corrected chi connectivity index (χ4v) is 3.67. The van der Waals surface area contributed by atoms with Crippen LogP contribution in [-0.4, -0.2) is 56.0 Å². The van der Waals surface area contributed by atoms with Gasteiger partial charge >= 0.3 is 6.18 Å². The van der Waals surface area contributed by atoms with Crippen LogP contribution in [0.4, 0.5) is 24.9 Å². The van der Waals surface area contributed by atoms with Crippen molar-refractivity contribution in [1.29, 1.82) is 0 Å². The second kappa shape index (κ2) is 6.53. The highest BCUT2D eigenvalue weighted by atomic mass is 19.4. The maximum Gasteiger partial charge on any atom is 0.433 e. The number of aromatic nitrogens is 6. The number of alkyl halides is 3. The molecule has 8 nitrogen and oxygen atoms in total. The number of nitrogens with zero attached hydrogens (tertiary/aromatic N) is 8. The lowest BCUT2D eigenvalue weighted by atomic mass is 10.2. The zero-order valence-corrected chi connectivity index (χ0v) is 15.7. The summed E-state index contributed by atoms with van der Waals surface area (Å²) in [7, 11) is 1.73. The fraction of sp³-hybridized carbons (Fsp3) is 0.500. The topological polar surface area (TPSA) is 75.3 Å². The molecule has 2 fully saturated rings. The van der Waals surface area contributed by atoms with E-state index < -0.39 is 11.9 Å². The minimum absolute atomic E-state index is 0.0141. The first kappa shape index (κ1) is 18.1. The van der Waals surface area contributed by atoms with Gasteiger partial charge in [0.15, 0.2) is 11.5 Å². The highest BCUT2D eigenvalue weighted by molar-refractivity contribution is 5.48. The molecule has 0 aromatic carbocycles. The van der Waals surface area contributed by atoms with Crippen LogP contribution in [0.25, 0.3) is 5.65 Å². The van der Waals surface area contributed by atoms with Crippen molar-refractivity contribution in [3.63, 3.8) is 0 Å². The van der Waals surface area contributed by atoms with Gasteiger partial charge < -0.3 is 9.80 Å². The molecule has 4 heterocycles. The van der Waals surface area contributed by atoms with Crippen molar-refractivity contribution in [1.82, 2.24) is 29.8 Å². The van der Waals surface area contributed by atoms with Gasteiger partial charge in [0.25, 0.3) is 0 Å². The largest absolute Gasteiger partial charge is 0.433 e. The first-order valence-corrected chi connectivity index (χ1v) is 9.50. The van der Waals surface area contributed by atoms with Crippen LogP contribution in [0.1, 0.15) is 36.7 Å². The van der Waals surface area contributed by atoms with E-state index in [1.54, 1.807) is 16.5 Å². The fourth-order valence-electron chi connectivity index (χ4n) is 3.67. The summed E-state index contributed by atoms with van der Waals surface area (Å²) in [5.41, 5.74) is -0.211. The standard InChI is InChI=1S/C18H19F3N8/c1-27(17-22-8-6-13(23-17)18(19,20)21)12-7-9-28(10-12)15-5-4-14-24-25-16(11-2-3-11)29(14)26-15/h4-6,8,11-12H,2-3,7,9-10H2,1H3. The number of likely N-dealkylation sites (N-methyl/N-ethyl adjacent to an activating group) is 1. The molecule has 3 aromatic heterocycles. The third-order valence-electron chi connectivity index (χ3n) is 5.50. The monoisotopic (exact) mass is 404 g/mol. The Hall–Kier alpha value is -2.98. The average molecular weight is 404 g/mol. The highest BCUT2D eigenvalue weighted by Crippen LogP contribution is 2.39. The van der Waals surface area contributed by atoms with E-state index in [2.05, 4.69) is 25.1 Å². The van der Waals surface area contributed by atoms with Crippen molar-refractivity contribution >= 4 is 17.4 Å². The van der Waals surface area contributed by atoms with Crippen LogP contribution >= 0.6 is 0 Å². The third-order valence-corrected chi connectivity index (χ3v) is 5.50. The van der Waals surface area contributed by atoms with Gasteiger partial charge in [-0.3, -0.25) is 0 Å². The molecule has 1 aliphatic heterocycles. The van der Waals surface area contributed by atoms with Gasteiger partial charge in [-0.1, -0.05) is 0 Å². The first-order chi connectivity index (χ1) is 13.9. The van der Waals surface area contributed by atoms with Crippen LogP contribution in [0.15, 0.2) is 24.4 Å². The summed E-state index contributed by atoms with van der Waals surface area (Å²) in [4.78, 5) is 11.5. The van der Waals surface area contributed by atoms with Gasteiger partial charge in [0.2, 0.25) is 5.95 Å². The lowest BCUT2D eigenvalue weighted by Gasteiger charge is -2.25. The van der Waals surface area contributed by atoms with Gasteiger partial charge in [-0.15, -0.1) is 15.3 Å². The second-order valence-corrected chi connectivity index (χ2v) is 7.53. The summed E-state index contributed by atoms with van der Waals surface area (Å²) < 4.78 is 40.7. The summed E-state index contributed by atoms with van der Waals surface area (Å²) >= 11 is 0.